The molecule has 0 spiro atoms. The smallest absolute Gasteiger partial charge is 0.225 e. The number of nitrogens with zero attached hydrogens (tertiary/aromatic N) is 3. The van der Waals surface area contributed by atoms with Gasteiger partial charge in [-0.25, -0.2) is 9.97 Å². The zero-order valence-corrected chi connectivity index (χ0v) is 12.1. The van der Waals surface area contributed by atoms with E-state index < -0.39 is 0 Å². The number of anilines is 1. The van der Waals surface area contributed by atoms with Gasteiger partial charge in [0.25, 0.3) is 0 Å². The molecule has 1 aromatic rings. The van der Waals surface area contributed by atoms with Crippen LogP contribution in [0, 0.1) is 0 Å². The van der Waals surface area contributed by atoms with Crippen LogP contribution >= 0.6 is 0 Å². The monoisotopic (exact) mass is 280 g/mol. The zero-order valence-electron chi connectivity index (χ0n) is 12.1. The molecule has 1 aliphatic rings. The van der Waals surface area contributed by atoms with Gasteiger partial charge in [-0.15, -0.1) is 0 Å². The van der Waals surface area contributed by atoms with E-state index in [4.69, 9.17) is 9.84 Å². The minimum absolute atomic E-state index is 0.220. The van der Waals surface area contributed by atoms with Crippen LogP contribution < -0.4 is 10.2 Å². The topological polar surface area (TPSA) is 70.5 Å². The van der Waals surface area contributed by atoms with E-state index in [2.05, 4.69) is 27.1 Å². The number of morpholine rings is 1. The number of aliphatic hydroxyl groups is 1. The maximum atomic E-state index is 8.97. The molecule has 2 heterocycles. The minimum Gasteiger partial charge on any atom is -0.396 e. The Morgan fingerprint density at radius 2 is 2.05 bits per heavy atom. The predicted molar refractivity (Wildman–Crippen MR) is 77.7 cm³/mol. The van der Waals surface area contributed by atoms with Gasteiger partial charge in [0, 0.05) is 50.2 Å². The molecule has 1 unspecified atom stereocenters. The SMILES string of the molecule is CCC(CCO)NCc1cnc(N2CCOCC2)nc1. The third-order valence-electron chi connectivity index (χ3n) is 3.55. The van der Waals surface area contributed by atoms with E-state index in [1.165, 1.54) is 0 Å². The highest BCUT2D eigenvalue weighted by atomic mass is 16.5. The van der Waals surface area contributed by atoms with Crippen molar-refractivity contribution in [1.29, 1.82) is 0 Å². The lowest BCUT2D eigenvalue weighted by molar-refractivity contribution is 0.122. The first-order valence-electron chi connectivity index (χ1n) is 7.31. The number of rotatable bonds is 7. The molecule has 1 aliphatic heterocycles. The molecule has 1 aromatic heterocycles. The van der Waals surface area contributed by atoms with Gasteiger partial charge in [0.15, 0.2) is 0 Å². The number of nitrogens with one attached hydrogen (secondary N) is 1. The van der Waals surface area contributed by atoms with Crippen molar-refractivity contribution in [3.05, 3.63) is 18.0 Å². The first-order chi connectivity index (χ1) is 9.83. The Kier molecular flexibility index (Phi) is 6.17. The van der Waals surface area contributed by atoms with Crippen molar-refractivity contribution in [2.45, 2.75) is 32.4 Å². The molecule has 6 nitrogen and oxygen atoms in total. The van der Waals surface area contributed by atoms with Crippen LogP contribution in [0.4, 0.5) is 5.95 Å². The average molecular weight is 280 g/mol. The Labute approximate surface area is 120 Å². The largest absolute Gasteiger partial charge is 0.396 e. The van der Waals surface area contributed by atoms with E-state index in [1.807, 2.05) is 12.4 Å². The lowest BCUT2D eigenvalue weighted by atomic mass is 10.1. The Hall–Kier alpha value is -1.24. The van der Waals surface area contributed by atoms with Crippen molar-refractivity contribution < 1.29 is 9.84 Å². The Bertz CT molecular complexity index is 379. The molecule has 0 saturated carbocycles. The van der Waals surface area contributed by atoms with Crippen LogP contribution in [0.5, 0.6) is 0 Å². The number of hydrogen-bond acceptors (Lipinski definition) is 6. The fraction of sp³-hybridized carbons (Fsp3) is 0.714. The van der Waals surface area contributed by atoms with E-state index in [9.17, 15) is 0 Å². The molecule has 20 heavy (non-hydrogen) atoms. The van der Waals surface area contributed by atoms with Crippen LogP contribution in [0.2, 0.25) is 0 Å². The number of aliphatic hydroxyl groups excluding tert-OH is 1. The summed E-state index contributed by atoms with van der Waals surface area (Å²) >= 11 is 0. The van der Waals surface area contributed by atoms with Gasteiger partial charge < -0.3 is 20.1 Å². The summed E-state index contributed by atoms with van der Waals surface area (Å²) in [7, 11) is 0. The van der Waals surface area contributed by atoms with Crippen molar-refractivity contribution >= 4 is 5.95 Å². The summed E-state index contributed by atoms with van der Waals surface area (Å²) in [5.74, 6) is 0.777. The van der Waals surface area contributed by atoms with Crippen molar-refractivity contribution in [3.8, 4) is 0 Å². The second kappa shape index (κ2) is 8.14. The molecule has 0 aliphatic carbocycles. The first-order valence-corrected chi connectivity index (χ1v) is 7.31. The summed E-state index contributed by atoms with van der Waals surface area (Å²) in [6.45, 7) is 6.27. The molecule has 6 heteroatoms. The predicted octanol–water partition coefficient (Wildman–Crippen LogP) is 0.564. The van der Waals surface area contributed by atoms with E-state index in [-0.39, 0.29) is 6.61 Å². The highest BCUT2D eigenvalue weighted by Gasteiger charge is 2.13. The van der Waals surface area contributed by atoms with E-state index >= 15 is 0 Å². The summed E-state index contributed by atoms with van der Waals surface area (Å²) in [6, 6.07) is 0.346. The first kappa shape index (κ1) is 15.2. The van der Waals surface area contributed by atoms with Crippen LogP contribution in [-0.4, -0.2) is 54.0 Å². The van der Waals surface area contributed by atoms with Gasteiger partial charge in [0.2, 0.25) is 5.95 Å². The van der Waals surface area contributed by atoms with E-state index in [0.717, 1.165) is 57.2 Å². The standard InChI is InChI=1S/C14H24N4O2/c1-2-13(3-6-19)15-9-12-10-16-14(17-11-12)18-4-7-20-8-5-18/h10-11,13,15,19H,2-9H2,1H3. The number of ether oxygens (including phenoxy) is 1. The highest BCUT2D eigenvalue weighted by Crippen LogP contribution is 2.09. The molecule has 0 radical (unpaired) electrons. The molecule has 1 fully saturated rings. The maximum Gasteiger partial charge on any atom is 0.225 e. The molecule has 2 N–H and O–H groups in total. The summed E-state index contributed by atoms with van der Waals surface area (Å²) in [4.78, 5) is 11.0. The zero-order chi connectivity index (χ0) is 14.2. The van der Waals surface area contributed by atoms with Crippen molar-refractivity contribution in [2.75, 3.05) is 37.8 Å². The summed E-state index contributed by atoms with van der Waals surface area (Å²) < 4.78 is 5.32. The third-order valence-corrected chi connectivity index (χ3v) is 3.55. The molecule has 0 amide bonds. The van der Waals surface area contributed by atoms with Crippen molar-refractivity contribution in [2.24, 2.45) is 0 Å². The van der Waals surface area contributed by atoms with Gasteiger partial charge >= 0.3 is 0 Å². The molecular formula is C14H24N4O2. The van der Waals surface area contributed by atoms with Gasteiger partial charge in [-0.2, -0.15) is 0 Å². The Balaban J connectivity index is 1.84. The average Bonchev–Trinajstić information content (AvgIpc) is 2.53. The van der Waals surface area contributed by atoms with Gasteiger partial charge in [-0.1, -0.05) is 6.92 Å². The molecule has 1 saturated heterocycles. The Morgan fingerprint density at radius 3 is 2.65 bits per heavy atom. The second-order valence-corrected chi connectivity index (χ2v) is 4.99. The molecule has 1 atom stereocenters. The molecular weight excluding hydrogens is 256 g/mol. The normalized spacial score (nSPS) is 17.2. The highest BCUT2D eigenvalue weighted by molar-refractivity contribution is 5.30. The lowest BCUT2D eigenvalue weighted by Crippen LogP contribution is -2.37. The van der Waals surface area contributed by atoms with E-state index in [1.54, 1.807) is 0 Å². The van der Waals surface area contributed by atoms with Crippen LogP contribution in [0.3, 0.4) is 0 Å². The van der Waals surface area contributed by atoms with Gasteiger partial charge in [0.05, 0.1) is 13.2 Å². The van der Waals surface area contributed by atoms with Gasteiger partial charge in [-0.05, 0) is 12.8 Å². The molecule has 0 aromatic carbocycles. The minimum atomic E-state index is 0.220. The van der Waals surface area contributed by atoms with Gasteiger partial charge in [-0.3, -0.25) is 0 Å². The van der Waals surface area contributed by atoms with Gasteiger partial charge in [0.1, 0.15) is 0 Å². The van der Waals surface area contributed by atoms with Crippen LogP contribution in [0.1, 0.15) is 25.3 Å². The number of hydrogen-bond donors (Lipinski definition) is 2. The molecule has 2 rings (SSSR count). The fourth-order valence-electron chi connectivity index (χ4n) is 2.23. The number of aromatic nitrogens is 2. The van der Waals surface area contributed by atoms with E-state index in [0.29, 0.717) is 6.04 Å². The van der Waals surface area contributed by atoms with Crippen LogP contribution in [0.15, 0.2) is 12.4 Å². The maximum absolute atomic E-state index is 8.97. The Morgan fingerprint density at radius 1 is 1.35 bits per heavy atom. The second-order valence-electron chi connectivity index (χ2n) is 4.99. The molecule has 112 valence electrons. The van der Waals surface area contributed by atoms with Crippen LogP contribution in [0.25, 0.3) is 0 Å². The van der Waals surface area contributed by atoms with Crippen molar-refractivity contribution in [1.82, 2.24) is 15.3 Å². The van der Waals surface area contributed by atoms with Crippen molar-refractivity contribution in [3.63, 3.8) is 0 Å². The molecule has 0 bridgehead atoms. The summed E-state index contributed by atoms with van der Waals surface area (Å²) in [5, 5.41) is 12.4. The lowest BCUT2D eigenvalue weighted by Gasteiger charge is -2.26. The summed E-state index contributed by atoms with van der Waals surface area (Å²) in [5.41, 5.74) is 1.07. The quantitative estimate of drug-likeness (QED) is 0.761. The van der Waals surface area contributed by atoms with Crippen LogP contribution in [-0.2, 0) is 11.3 Å². The fourth-order valence-corrected chi connectivity index (χ4v) is 2.23. The summed E-state index contributed by atoms with van der Waals surface area (Å²) in [6.07, 6.45) is 5.53. The third kappa shape index (κ3) is 4.40.